The molecule has 5 nitrogen and oxygen atoms in total. The lowest BCUT2D eigenvalue weighted by atomic mass is 9.92. The number of hydrogen-bond donors (Lipinski definition) is 0. The first-order chi connectivity index (χ1) is 13.2. The topological polar surface area (TPSA) is 59.2 Å². The predicted molar refractivity (Wildman–Crippen MR) is 94.1 cm³/mol. The van der Waals surface area contributed by atoms with Crippen LogP contribution < -0.4 is 0 Å². The molecule has 0 fully saturated rings. The van der Waals surface area contributed by atoms with Crippen LogP contribution in [-0.2, 0) is 18.3 Å². The number of halogens is 3. The largest absolute Gasteiger partial charge is 0.471 e. The average molecular weight is 387 g/mol. The third-order valence-electron chi connectivity index (χ3n) is 4.94. The van der Waals surface area contributed by atoms with Gasteiger partial charge in [-0.15, -0.1) is 0 Å². The Morgan fingerprint density at radius 3 is 2.46 bits per heavy atom. The second-order valence-electron chi connectivity index (χ2n) is 7.12. The van der Waals surface area contributed by atoms with Crippen LogP contribution in [-0.4, -0.2) is 20.9 Å². The van der Waals surface area contributed by atoms with Crippen molar-refractivity contribution in [2.75, 3.05) is 0 Å². The average Bonchev–Trinajstić information content (AvgIpc) is 3.22. The van der Waals surface area contributed by atoms with Gasteiger partial charge in [-0.1, -0.05) is 47.6 Å². The van der Waals surface area contributed by atoms with Gasteiger partial charge in [-0.3, -0.25) is 4.79 Å². The molecule has 0 saturated heterocycles. The highest BCUT2D eigenvalue weighted by Gasteiger charge is 2.43. The Morgan fingerprint density at radius 1 is 1.11 bits per heavy atom. The Bertz CT molecular complexity index is 1040. The van der Waals surface area contributed by atoms with E-state index >= 15 is 0 Å². The number of amides is 1. The summed E-state index contributed by atoms with van der Waals surface area (Å²) in [7, 11) is 0. The lowest BCUT2D eigenvalue weighted by Crippen LogP contribution is -2.38. The van der Waals surface area contributed by atoms with Crippen molar-refractivity contribution in [1.29, 1.82) is 0 Å². The number of rotatable bonds is 3. The summed E-state index contributed by atoms with van der Waals surface area (Å²) in [6, 6.07) is 14.5. The molecular weight excluding hydrogens is 371 g/mol. The maximum atomic E-state index is 13.0. The third-order valence-corrected chi connectivity index (χ3v) is 4.94. The minimum absolute atomic E-state index is 0.190. The Balaban J connectivity index is 1.69. The van der Waals surface area contributed by atoms with Gasteiger partial charge < -0.3 is 9.42 Å². The molecule has 1 amide bonds. The second kappa shape index (κ2) is 6.19. The first-order valence-electron chi connectivity index (χ1n) is 8.59. The summed E-state index contributed by atoms with van der Waals surface area (Å²) in [5.74, 6) is -1.81. The lowest BCUT2D eigenvalue weighted by molar-refractivity contribution is -0.159. The van der Waals surface area contributed by atoms with E-state index in [0.717, 1.165) is 11.1 Å². The molecule has 1 aliphatic rings. The summed E-state index contributed by atoms with van der Waals surface area (Å²) in [4.78, 5) is 18.2. The molecule has 3 aromatic rings. The number of hydrogen-bond acceptors (Lipinski definition) is 4. The monoisotopic (exact) mass is 387 g/mol. The van der Waals surface area contributed by atoms with E-state index in [4.69, 9.17) is 0 Å². The van der Waals surface area contributed by atoms with Crippen LogP contribution in [0.15, 0.2) is 53.1 Å². The van der Waals surface area contributed by atoms with Crippen molar-refractivity contribution in [3.05, 3.63) is 71.1 Å². The van der Waals surface area contributed by atoms with Gasteiger partial charge in [0.1, 0.15) is 0 Å². The van der Waals surface area contributed by atoms with Crippen molar-refractivity contribution in [2.45, 2.75) is 32.1 Å². The van der Waals surface area contributed by atoms with Crippen molar-refractivity contribution in [3.8, 4) is 11.4 Å². The fourth-order valence-corrected chi connectivity index (χ4v) is 3.43. The third kappa shape index (κ3) is 2.94. The van der Waals surface area contributed by atoms with Gasteiger partial charge in [0, 0.05) is 17.7 Å². The molecule has 4 rings (SSSR count). The Kier molecular flexibility index (Phi) is 4.02. The van der Waals surface area contributed by atoms with Gasteiger partial charge in [-0.2, -0.15) is 18.2 Å². The molecular formula is C20H16F3N3O2. The molecule has 1 aromatic heterocycles. The van der Waals surface area contributed by atoms with E-state index in [0.29, 0.717) is 17.7 Å². The maximum Gasteiger partial charge on any atom is 0.471 e. The van der Waals surface area contributed by atoms with Gasteiger partial charge in [0.15, 0.2) is 0 Å². The van der Waals surface area contributed by atoms with Crippen LogP contribution in [0.2, 0.25) is 0 Å². The van der Waals surface area contributed by atoms with Crippen LogP contribution in [0.5, 0.6) is 0 Å². The number of carbonyl (C=O) groups excluding carboxylic acids is 1. The van der Waals surface area contributed by atoms with Crippen molar-refractivity contribution < 1.29 is 22.5 Å². The van der Waals surface area contributed by atoms with Crippen LogP contribution in [0.25, 0.3) is 11.4 Å². The minimum atomic E-state index is -4.72. The quantitative estimate of drug-likeness (QED) is 0.657. The Morgan fingerprint density at radius 2 is 1.82 bits per heavy atom. The van der Waals surface area contributed by atoms with E-state index in [-0.39, 0.29) is 11.7 Å². The van der Waals surface area contributed by atoms with E-state index < -0.39 is 17.6 Å². The minimum Gasteiger partial charge on any atom is -0.329 e. The van der Waals surface area contributed by atoms with Gasteiger partial charge in [-0.25, -0.2) is 0 Å². The van der Waals surface area contributed by atoms with E-state index in [1.807, 2.05) is 44.2 Å². The highest BCUT2D eigenvalue weighted by molar-refractivity contribution is 6.00. The number of fused-ring (bicyclic) bond motifs is 1. The summed E-state index contributed by atoms with van der Waals surface area (Å²) in [5, 5.41) is 3.40. The van der Waals surface area contributed by atoms with Crippen molar-refractivity contribution >= 4 is 5.91 Å². The molecule has 1 aliphatic heterocycles. The normalized spacial score (nSPS) is 15.8. The van der Waals surface area contributed by atoms with Crippen LogP contribution in [0.4, 0.5) is 13.2 Å². The molecule has 0 spiro atoms. The SMILES string of the molecule is CC1(C)c2ccc(-c3noc(C(F)(F)F)n3)cc2C(=O)N1Cc1ccccc1. The standard InChI is InChI=1S/C20H16F3N3O2/c1-19(2)15-9-8-13(16-24-18(28-25-16)20(21,22)23)10-14(15)17(27)26(19)11-12-6-4-3-5-7-12/h3-10H,11H2,1-2H3. The molecule has 8 heteroatoms. The van der Waals surface area contributed by atoms with E-state index in [2.05, 4.69) is 14.7 Å². The van der Waals surface area contributed by atoms with Gasteiger partial charge in [0.2, 0.25) is 5.82 Å². The summed E-state index contributed by atoms with van der Waals surface area (Å²) in [5.41, 5.74) is 1.96. The lowest BCUT2D eigenvalue weighted by Gasteiger charge is -2.32. The van der Waals surface area contributed by atoms with Gasteiger partial charge in [0.05, 0.1) is 5.54 Å². The molecule has 28 heavy (non-hydrogen) atoms. The highest BCUT2D eigenvalue weighted by atomic mass is 19.4. The molecule has 0 radical (unpaired) electrons. The maximum absolute atomic E-state index is 13.0. The van der Waals surface area contributed by atoms with Gasteiger partial charge in [0.25, 0.3) is 5.91 Å². The number of carbonyl (C=O) groups is 1. The van der Waals surface area contributed by atoms with Crippen molar-refractivity contribution in [2.24, 2.45) is 0 Å². The molecule has 144 valence electrons. The molecule has 0 atom stereocenters. The van der Waals surface area contributed by atoms with Crippen LogP contribution >= 0.6 is 0 Å². The van der Waals surface area contributed by atoms with E-state index in [9.17, 15) is 18.0 Å². The molecule has 0 N–H and O–H groups in total. The number of benzene rings is 2. The molecule has 0 saturated carbocycles. The molecule has 0 bridgehead atoms. The number of aromatic nitrogens is 2. The molecule has 2 aromatic carbocycles. The van der Waals surface area contributed by atoms with Crippen molar-refractivity contribution in [3.63, 3.8) is 0 Å². The smallest absolute Gasteiger partial charge is 0.329 e. The molecule has 0 aliphatic carbocycles. The zero-order valence-corrected chi connectivity index (χ0v) is 15.1. The fraction of sp³-hybridized carbons (Fsp3) is 0.250. The predicted octanol–water partition coefficient (Wildman–Crippen LogP) is 4.65. The first-order valence-corrected chi connectivity index (χ1v) is 8.59. The second-order valence-corrected chi connectivity index (χ2v) is 7.12. The fourth-order valence-electron chi connectivity index (χ4n) is 3.43. The summed E-state index contributed by atoms with van der Waals surface area (Å²) in [6.45, 7) is 4.31. The zero-order chi connectivity index (χ0) is 20.1. The number of nitrogens with zero attached hydrogens (tertiary/aromatic N) is 3. The first kappa shape index (κ1) is 18.2. The van der Waals surface area contributed by atoms with Gasteiger partial charge in [-0.05, 0) is 31.0 Å². The molecule has 0 unspecified atom stereocenters. The van der Waals surface area contributed by atoms with Crippen LogP contribution in [0, 0.1) is 0 Å². The van der Waals surface area contributed by atoms with Crippen LogP contribution in [0.1, 0.15) is 41.2 Å². The molecule has 2 heterocycles. The van der Waals surface area contributed by atoms with Crippen LogP contribution in [0.3, 0.4) is 0 Å². The van der Waals surface area contributed by atoms with Crippen molar-refractivity contribution in [1.82, 2.24) is 15.0 Å². The summed E-state index contributed by atoms with van der Waals surface area (Å²) >= 11 is 0. The number of alkyl halides is 3. The van der Waals surface area contributed by atoms with E-state index in [1.165, 1.54) is 6.07 Å². The Labute approximate surface area is 158 Å². The van der Waals surface area contributed by atoms with Gasteiger partial charge >= 0.3 is 12.1 Å². The zero-order valence-electron chi connectivity index (χ0n) is 15.1. The summed E-state index contributed by atoms with van der Waals surface area (Å²) in [6.07, 6.45) is -4.72. The highest BCUT2D eigenvalue weighted by Crippen LogP contribution is 2.41. The summed E-state index contributed by atoms with van der Waals surface area (Å²) < 4.78 is 42.4. The Hall–Kier alpha value is -3.16. The van der Waals surface area contributed by atoms with E-state index in [1.54, 1.807) is 17.0 Å².